The summed E-state index contributed by atoms with van der Waals surface area (Å²) in [6.45, 7) is 0. The van der Waals surface area contributed by atoms with Gasteiger partial charge in [-0.25, -0.2) is 9.97 Å². The molecule has 0 spiro atoms. The van der Waals surface area contributed by atoms with Crippen molar-refractivity contribution in [2.24, 2.45) is 0 Å². The SMILES string of the molecule is c1ccc(-c2nc(-c3ccccc3)c(-c3cccc(-c4ccc5c6c(cccc46)-c4ccccc4-5)c3)nc2-c2ccccc2)cc1. The summed E-state index contributed by atoms with van der Waals surface area (Å²) in [6, 6.07) is 60.0. The fourth-order valence-corrected chi connectivity index (χ4v) is 6.92. The maximum atomic E-state index is 5.47. The molecule has 9 rings (SSSR count). The van der Waals surface area contributed by atoms with Gasteiger partial charge in [0.1, 0.15) is 0 Å². The zero-order chi connectivity index (χ0) is 30.5. The van der Waals surface area contributed by atoms with Crippen LogP contribution in [-0.2, 0) is 0 Å². The Balaban J connectivity index is 1.27. The second kappa shape index (κ2) is 10.8. The highest BCUT2D eigenvalue weighted by Crippen LogP contribution is 2.49. The Kier molecular flexibility index (Phi) is 6.17. The molecule has 1 aliphatic carbocycles. The highest BCUT2D eigenvalue weighted by Gasteiger charge is 2.23. The van der Waals surface area contributed by atoms with E-state index in [9.17, 15) is 0 Å². The predicted octanol–water partition coefficient (Wildman–Crippen LogP) is 11.6. The Morgan fingerprint density at radius 1 is 0.261 bits per heavy atom. The second-order valence-electron chi connectivity index (χ2n) is 11.7. The molecule has 0 bridgehead atoms. The fraction of sp³-hybridized carbons (Fsp3) is 0. The van der Waals surface area contributed by atoms with Gasteiger partial charge in [0.25, 0.3) is 0 Å². The number of nitrogens with zero attached hydrogens (tertiary/aromatic N) is 2. The van der Waals surface area contributed by atoms with Crippen LogP contribution in [0.2, 0.25) is 0 Å². The van der Waals surface area contributed by atoms with Crippen molar-refractivity contribution in [2.45, 2.75) is 0 Å². The average molecular weight is 585 g/mol. The van der Waals surface area contributed by atoms with Crippen molar-refractivity contribution in [1.82, 2.24) is 9.97 Å². The first-order chi connectivity index (χ1) is 22.8. The molecule has 0 amide bonds. The maximum Gasteiger partial charge on any atom is 0.0973 e. The lowest BCUT2D eigenvalue weighted by atomic mass is 9.92. The molecule has 8 aromatic rings. The molecule has 0 fully saturated rings. The van der Waals surface area contributed by atoms with Crippen LogP contribution in [0.5, 0.6) is 0 Å². The van der Waals surface area contributed by atoms with Gasteiger partial charge in [-0.05, 0) is 50.2 Å². The predicted molar refractivity (Wildman–Crippen MR) is 191 cm³/mol. The van der Waals surface area contributed by atoms with Crippen LogP contribution in [0.3, 0.4) is 0 Å². The summed E-state index contributed by atoms with van der Waals surface area (Å²) in [5, 5.41) is 2.59. The molecule has 46 heavy (non-hydrogen) atoms. The molecule has 0 unspecified atom stereocenters. The molecule has 2 heteroatoms. The minimum Gasteiger partial charge on any atom is -0.243 e. The molecule has 2 nitrogen and oxygen atoms in total. The summed E-state index contributed by atoms with van der Waals surface area (Å²) in [6.07, 6.45) is 0. The molecular formula is C44H28N2. The molecule has 0 radical (unpaired) electrons. The highest BCUT2D eigenvalue weighted by atomic mass is 14.9. The van der Waals surface area contributed by atoms with E-state index < -0.39 is 0 Å². The van der Waals surface area contributed by atoms with Crippen LogP contribution in [0.25, 0.3) is 89.2 Å². The summed E-state index contributed by atoms with van der Waals surface area (Å²) in [7, 11) is 0. The first-order valence-corrected chi connectivity index (χ1v) is 15.7. The van der Waals surface area contributed by atoms with E-state index in [1.54, 1.807) is 0 Å². The Hall–Kier alpha value is -6.12. The van der Waals surface area contributed by atoms with Crippen molar-refractivity contribution in [1.29, 1.82) is 0 Å². The summed E-state index contributed by atoms with van der Waals surface area (Å²) < 4.78 is 0. The molecule has 1 heterocycles. The third-order valence-corrected chi connectivity index (χ3v) is 9.03. The third-order valence-electron chi connectivity index (χ3n) is 9.03. The van der Waals surface area contributed by atoms with Crippen LogP contribution >= 0.6 is 0 Å². The van der Waals surface area contributed by atoms with Gasteiger partial charge in [-0.3, -0.25) is 0 Å². The van der Waals surface area contributed by atoms with E-state index in [2.05, 4.69) is 152 Å². The van der Waals surface area contributed by atoms with Crippen LogP contribution in [0.4, 0.5) is 0 Å². The van der Waals surface area contributed by atoms with Gasteiger partial charge < -0.3 is 0 Å². The lowest BCUT2D eigenvalue weighted by molar-refractivity contribution is 1.21. The number of fused-ring (bicyclic) bond motifs is 3. The lowest BCUT2D eigenvalue weighted by Crippen LogP contribution is -2.01. The van der Waals surface area contributed by atoms with E-state index in [1.165, 1.54) is 38.6 Å². The molecule has 214 valence electrons. The van der Waals surface area contributed by atoms with Gasteiger partial charge in [0, 0.05) is 22.3 Å². The third kappa shape index (κ3) is 4.27. The van der Waals surface area contributed by atoms with Crippen molar-refractivity contribution in [2.75, 3.05) is 0 Å². The average Bonchev–Trinajstić information content (AvgIpc) is 3.47. The van der Waals surface area contributed by atoms with E-state index in [0.29, 0.717) is 0 Å². The Morgan fingerprint density at radius 3 is 1.22 bits per heavy atom. The summed E-state index contributed by atoms with van der Waals surface area (Å²) in [4.78, 5) is 10.9. The van der Waals surface area contributed by atoms with Crippen molar-refractivity contribution in [3.05, 3.63) is 170 Å². The standard InChI is InChI=1S/C44H28N2/c1-4-14-29(15-5-1)41-42(30-16-6-2-7-17-30)46-44(43(45-41)31-18-8-3-9-19-31)33-21-12-20-32(28-33)34-26-27-39-36-23-11-10-22-35(36)38-25-13-24-37(34)40(38)39/h1-28H. The van der Waals surface area contributed by atoms with Gasteiger partial charge in [-0.1, -0.05) is 164 Å². The Labute approximate surface area is 268 Å². The summed E-state index contributed by atoms with van der Waals surface area (Å²) in [5.41, 5.74) is 15.2. The fourth-order valence-electron chi connectivity index (χ4n) is 6.92. The smallest absolute Gasteiger partial charge is 0.0973 e. The van der Waals surface area contributed by atoms with Gasteiger partial charge in [-0.2, -0.15) is 0 Å². The van der Waals surface area contributed by atoms with Gasteiger partial charge in [0.05, 0.1) is 22.8 Å². The number of rotatable bonds is 5. The Bertz CT molecular complexity index is 2370. The highest BCUT2D eigenvalue weighted by molar-refractivity contribution is 6.18. The van der Waals surface area contributed by atoms with E-state index >= 15 is 0 Å². The minimum absolute atomic E-state index is 0.866. The number of hydrogen-bond acceptors (Lipinski definition) is 2. The second-order valence-corrected chi connectivity index (χ2v) is 11.7. The number of hydrogen-bond donors (Lipinski definition) is 0. The van der Waals surface area contributed by atoms with Gasteiger partial charge in [0.2, 0.25) is 0 Å². The number of aromatic nitrogens is 2. The van der Waals surface area contributed by atoms with E-state index in [0.717, 1.165) is 50.6 Å². The van der Waals surface area contributed by atoms with E-state index in [4.69, 9.17) is 9.97 Å². The zero-order valence-electron chi connectivity index (χ0n) is 25.1. The normalized spacial score (nSPS) is 11.5. The quantitative estimate of drug-likeness (QED) is 0.201. The summed E-state index contributed by atoms with van der Waals surface area (Å²) >= 11 is 0. The molecule has 1 aliphatic rings. The molecule has 1 aromatic heterocycles. The Morgan fingerprint density at radius 2 is 0.652 bits per heavy atom. The van der Waals surface area contributed by atoms with Gasteiger partial charge >= 0.3 is 0 Å². The van der Waals surface area contributed by atoms with Crippen LogP contribution in [0.1, 0.15) is 0 Å². The minimum atomic E-state index is 0.866. The topological polar surface area (TPSA) is 25.8 Å². The lowest BCUT2D eigenvalue weighted by Gasteiger charge is -2.17. The monoisotopic (exact) mass is 584 g/mol. The molecule has 0 atom stereocenters. The van der Waals surface area contributed by atoms with Gasteiger partial charge in [-0.15, -0.1) is 0 Å². The van der Waals surface area contributed by atoms with Crippen LogP contribution < -0.4 is 0 Å². The van der Waals surface area contributed by atoms with Crippen molar-refractivity contribution in [3.63, 3.8) is 0 Å². The van der Waals surface area contributed by atoms with Gasteiger partial charge in [0.15, 0.2) is 0 Å². The summed E-state index contributed by atoms with van der Waals surface area (Å²) in [5.74, 6) is 0. The van der Waals surface area contributed by atoms with Crippen LogP contribution in [-0.4, -0.2) is 9.97 Å². The van der Waals surface area contributed by atoms with Crippen LogP contribution in [0.15, 0.2) is 170 Å². The van der Waals surface area contributed by atoms with Crippen molar-refractivity contribution < 1.29 is 0 Å². The first kappa shape index (κ1) is 26.3. The maximum absolute atomic E-state index is 5.47. The van der Waals surface area contributed by atoms with Crippen molar-refractivity contribution >= 4 is 10.8 Å². The van der Waals surface area contributed by atoms with E-state index in [1.807, 2.05) is 18.2 Å². The first-order valence-electron chi connectivity index (χ1n) is 15.7. The zero-order valence-corrected chi connectivity index (χ0v) is 25.1. The molecular weight excluding hydrogens is 556 g/mol. The number of benzene rings is 7. The van der Waals surface area contributed by atoms with E-state index in [-0.39, 0.29) is 0 Å². The largest absolute Gasteiger partial charge is 0.243 e. The molecule has 0 aliphatic heterocycles. The van der Waals surface area contributed by atoms with Crippen molar-refractivity contribution in [3.8, 4) is 78.4 Å². The molecule has 0 saturated carbocycles. The molecule has 7 aromatic carbocycles. The molecule has 0 N–H and O–H groups in total. The van der Waals surface area contributed by atoms with Crippen LogP contribution in [0, 0.1) is 0 Å². The molecule has 0 saturated heterocycles.